The maximum absolute atomic E-state index is 9.92. The fourth-order valence-electron chi connectivity index (χ4n) is 0.177. The number of nitrogens with two attached hydrogens (primary N) is 1. The van der Waals surface area contributed by atoms with Gasteiger partial charge in [0.15, 0.2) is 11.1 Å². The van der Waals surface area contributed by atoms with Gasteiger partial charge in [0, 0.05) is 6.42 Å². The van der Waals surface area contributed by atoms with Gasteiger partial charge in [-0.05, 0) is 0 Å². The average Bonchev–Trinajstić information content (AvgIpc) is 1.67. The van der Waals surface area contributed by atoms with E-state index in [1.54, 1.807) is 0 Å². The molecule has 4 nitrogen and oxygen atoms in total. The second kappa shape index (κ2) is 3.71. The minimum absolute atomic E-state index is 0.0664. The van der Waals surface area contributed by atoms with Crippen LogP contribution in [0.25, 0.3) is 0 Å². The largest absolute Gasteiger partial charge is 0.315 e. The summed E-state index contributed by atoms with van der Waals surface area (Å²) in [6.45, 7) is 0. The number of carbonyl (C=O) groups is 1. The third-order valence-electron chi connectivity index (χ3n) is 0.588. The number of carbonyl (C=O) groups excluding carboxylic acids is 1. The molecule has 48 valence electrons. The molecule has 0 heterocycles. The van der Waals surface area contributed by atoms with Gasteiger partial charge in [-0.15, -0.1) is 0 Å². The fourth-order valence-corrected chi connectivity index (χ4v) is 0.420. The Morgan fingerprint density at radius 1 is 1.88 bits per heavy atom. The topological polar surface area (TPSA) is 80.4 Å². The summed E-state index contributed by atoms with van der Waals surface area (Å²) in [5.41, 5.74) is 4.95. The molecule has 0 saturated carbocycles. The van der Waals surface area contributed by atoms with Crippen LogP contribution in [0.3, 0.4) is 0 Å². The smallest absolute Gasteiger partial charge is 0.170 e. The molecule has 0 aliphatic carbocycles. The summed E-state index contributed by atoms with van der Waals surface area (Å²) in [5.74, 6) is 0. The second-order valence-corrected chi connectivity index (χ2v) is 2.37. The van der Waals surface area contributed by atoms with Crippen molar-refractivity contribution in [3.05, 3.63) is 0 Å². The van der Waals surface area contributed by atoms with Crippen molar-refractivity contribution in [1.82, 2.24) is 0 Å². The van der Waals surface area contributed by atoms with Crippen LogP contribution in [0, 0.1) is 0 Å². The Kier molecular flexibility index (Phi) is 3.59. The van der Waals surface area contributed by atoms with Crippen molar-refractivity contribution >= 4 is 17.4 Å². The third-order valence-corrected chi connectivity index (χ3v) is 1.30. The van der Waals surface area contributed by atoms with Crippen LogP contribution < -0.4 is 5.73 Å². The first kappa shape index (κ1) is 7.74. The molecule has 0 fully saturated rings. The Hall–Kier alpha value is -0.260. The van der Waals surface area contributed by atoms with Crippen molar-refractivity contribution in [3.63, 3.8) is 0 Å². The van der Waals surface area contributed by atoms with Crippen LogP contribution in [-0.2, 0) is 15.9 Å². The van der Waals surface area contributed by atoms with Gasteiger partial charge in [0.25, 0.3) is 0 Å². The van der Waals surface area contributed by atoms with E-state index in [0.717, 1.165) is 0 Å². The molecule has 0 saturated heterocycles. The second-order valence-electron chi connectivity index (χ2n) is 1.22. The minimum atomic E-state index is -2.06. The summed E-state index contributed by atoms with van der Waals surface area (Å²) in [4.78, 5) is 9.59. The van der Waals surface area contributed by atoms with Crippen molar-refractivity contribution in [1.29, 1.82) is 0 Å². The molecule has 2 atom stereocenters. The third kappa shape index (κ3) is 2.84. The van der Waals surface area contributed by atoms with Crippen LogP contribution in [-0.4, -0.2) is 20.4 Å². The summed E-state index contributed by atoms with van der Waals surface area (Å²) in [6.07, 6.45) is 0.446. The average molecular weight is 137 g/mol. The van der Waals surface area contributed by atoms with E-state index < -0.39 is 16.5 Å². The highest BCUT2D eigenvalue weighted by Crippen LogP contribution is 1.86. The van der Waals surface area contributed by atoms with Crippen LogP contribution in [0.1, 0.15) is 6.42 Å². The van der Waals surface area contributed by atoms with Crippen LogP contribution >= 0.6 is 0 Å². The van der Waals surface area contributed by atoms with Crippen LogP contribution in [0.5, 0.6) is 0 Å². The highest BCUT2D eigenvalue weighted by Gasteiger charge is 2.05. The first-order valence-electron chi connectivity index (χ1n) is 1.97. The Labute approximate surface area is 49.3 Å². The normalized spacial score (nSPS) is 17.2. The zero-order valence-corrected chi connectivity index (χ0v) is 4.93. The Morgan fingerprint density at radius 2 is 2.38 bits per heavy atom. The predicted octanol–water partition coefficient (Wildman–Crippen LogP) is -0.918. The van der Waals surface area contributed by atoms with Gasteiger partial charge in [-0.1, -0.05) is 0 Å². The van der Waals surface area contributed by atoms with E-state index in [9.17, 15) is 9.00 Å². The molecule has 8 heavy (non-hydrogen) atoms. The molecular formula is C3H7NO3S. The fraction of sp³-hybridized carbons (Fsp3) is 0.667. The van der Waals surface area contributed by atoms with Crippen molar-refractivity contribution in [2.45, 2.75) is 11.8 Å². The van der Waals surface area contributed by atoms with E-state index in [-0.39, 0.29) is 6.42 Å². The van der Waals surface area contributed by atoms with Crippen LogP contribution in [0.4, 0.5) is 0 Å². The molecule has 2 unspecified atom stereocenters. The van der Waals surface area contributed by atoms with Crippen molar-refractivity contribution < 1.29 is 13.6 Å². The van der Waals surface area contributed by atoms with E-state index in [1.165, 1.54) is 0 Å². The van der Waals surface area contributed by atoms with E-state index in [4.69, 9.17) is 10.3 Å². The first-order chi connectivity index (χ1) is 3.68. The quantitative estimate of drug-likeness (QED) is 0.389. The number of hydrogen-bond donors (Lipinski definition) is 2. The van der Waals surface area contributed by atoms with Gasteiger partial charge in [0.1, 0.15) is 11.7 Å². The SMILES string of the molecule is NC(CC=O)S(=O)O. The summed E-state index contributed by atoms with van der Waals surface area (Å²) in [6, 6.07) is 0. The Balaban J connectivity index is 3.46. The van der Waals surface area contributed by atoms with Gasteiger partial charge in [-0.3, -0.25) is 0 Å². The van der Waals surface area contributed by atoms with Crippen molar-refractivity contribution in [2.24, 2.45) is 5.73 Å². The van der Waals surface area contributed by atoms with E-state index >= 15 is 0 Å². The summed E-state index contributed by atoms with van der Waals surface area (Å²) < 4.78 is 18.1. The zero-order chi connectivity index (χ0) is 6.57. The molecule has 0 aromatic heterocycles. The summed E-state index contributed by atoms with van der Waals surface area (Å²) >= 11 is -2.06. The van der Waals surface area contributed by atoms with Gasteiger partial charge in [-0.25, -0.2) is 4.21 Å². The molecule has 5 heteroatoms. The van der Waals surface area contributed by atoms with Gasteiger partial charge < -0.3 is 15.1 Å². The minimum Gasteiger partial charge on any atom is -0.315 e. The van der Waals surface area contributed by atoms with Crippen LogP contribution in [0.2, 0.25) is 0 Å². The summed E-state index contributed by atoms with van der Waals surface area (Å²) in [7, 11) is 0. The first-order valence-corrected chi connectivity index (χ1v) is 3.14. The molecule has 0 aliphatic heterocycles. The van der Waals surface area contributed by atoms with Gasteiger partial charge in [-0.2, -0.15) is 0 Å². The number of hydrogen-bond acceptors (Lipinski definition) is 3. The predicted molar refractivity (Wildman–Crippen MR) is 29.4 cm³/mol. The molecule has 0 amide bonds. The van der Waals surface area contributed by atoms with Gasteiger partial charge in [0.2, 0.25) is 0 Å². The van der Waals surface area contributed by atoms with Crippen molar-refractivity contribution in [2.75, 3.05) is 0 Å². The van der Waals surface area contributed by atoms with Crippen molar-refractivity contribution in [3.8, 4) is 0 Å². The highest BCUT2D eigenvalue weighted by molar-refractivity contribution is 7.79. The number of aldehydes is 1. The molecule has 0 bridgehead atoms. The molecule has 0 spiro atoms. The van der Waals surface area contributed by atoms with E-state index in [2.05, 4.69) is 0 Å². The lowest BCUT2D eigenvalue weighted by Gasteiger charge is -1.97. The lowest BCUT2D eigenvalue weighted by atomic mass is 10.5. The molecule has 3 N–H and O–H groups in total. The van der Waals surface area contributed by atoms with Gasteiger partial charge in [0.05, 0.1) is 0 Å². The monoisotopic (exact) mass is 137 g/mol. The van der Waals surface area contributed by atoms with E-state index in [1.807, 2.05) is 0 Å². The Morgan fingerprint density at radius 3 is 2.50 bits per heavy atom. The summed E-state index contributed by atoms with van der Waals surface area (Å²) in [5, 5.41) is -0.924. The maximum atomic E-state index is 9.92. The molecule has 0 aromatic carbocycles. The highest BCUT2D eigenvalue weighted by atomic mass is 32.2. The number of rotatable bonds is 3. The standard InChI is InChI=1S/C3H7NO3S/c4-3(1-2-5)8(6)7/h2-3H,1,4H2,(H,6,7). The molecular weight excluding hydrogens is 130 g/mol. The molecule has 0 aromatic rings. The van der Waals surface area contributed by atoms with Gasteiger partial charge >= 0.3 is 0 Å². The lowest BCUT2D eigenvalue weighted by Crippen LogP contribution is -2.25. The Bertz CT molecular complexity index is 105. The van der Waals surface area contributed by atoms with Crippen LogP contribution in [0.15, 0.2) is 0 Å². The van der Waals surface area contributed by atoms with E-state index in [0.29, 0.717) is 6.29 Å². The molecule has 0 aliphatic rings. The molecule has 0 rings (SSSR count). The zero-order valence-electron chi connectivity index (χ0n) is 4.11. The lowest BCUT2D eigenvalue weighted by molar-refractivity contribution is -0.107. The maximum Gasteiger partial charge on any atom is 0.170 e. The molecule has 0 radical (unpaired) electrons.